The van der Waals surface area contributed by atoms with Crippen LogP contribution in [0.25, 0.3) is 16.7 Å². The SMILES string of the molecule is CCCN(CCC)S(=O)(=O)c1ccc(C(=O)Nc2ccc3c(c2)nc(C)n3-c2ccccc2)cc1. The summed E-state index contributed by atoms with van der Waals surface area (Å²) in [6.45, 7) is 6.80. The van der Waals surface area contributed by atoms with Crippen LogP contribution in [0.5, 0.6) is 0 Å². The van der Waals surface area contributed by atoms with Crippen LogP contribution in [-0.4, -0.2) is 41.3 Å². The summed E-state index contributed by atoms with van der Waals surface area (Å²) < 4.78 is 29.5. The van der Waals surface area contributed by atoms with Gasteiger partial charge in [0.15, 0.2) is 0 Å². The zero-order valence-electron chi connectivity index (χ0n) is 20.2. The molecule has 4 rings (SSSR count). The lowest BCUT2D eigenvalue weighted by Crippen LogP contribution is -2.32. The van der Waals surface area contributed by atoms with Gasteiger partial charge in [-0.15, -0.1) is 0 Å². The van der Waals surface area contributed by atoms with Crippen LogP contribution >= 0.6 is 0 Å². The molecule has 0 saturated heterocycles. The Morgan fingerprint density at radius 1 is 0.943 bits per heavy atom. The van der Waals surface area contributed by atoms with Crippen molar-refractivity contribution in [2.75, 3.05) is 18.4 Å². The number of amides is 1. The van der Waals surface area contributed by atoms with E-state index in [-0.39, 0.29) is 10.8 Å². The van der Waals surface area contributed by atoms with Gasteiger partial charge in [0.05, 0.1) is 15.9 Å². The molecule has 0 bridgehead atoms. The molecular weight excluding hydrogens is 460 g/mol. The minimum absolute atomic E-state index is 0.194. The fraction of sp³-hybridized carbons (Fsp3) is 0.259. The van der Waals surface area contributed by atoms with E-state index >= 15 is 0 Å². The third kappa shape index (κ3) is 5.13. The van der Waals surface area contributed by atoms with Crippen LogP contribution in [0.15, 0.2) is 77.7 Å². The Hall–Kier alpha value is -3.49. The smallest absolute Gasteiger partial charge is 0.255 e. The molecule has 35 heavy (non-hydrogen) atoms. The van der Waals surface area contributed by atoms with Crippen molar-refractivity contribution in [3.05, 3.63) is 84.2 Å². The number of nitrogens with one attached hydrogen (secondary N) is 1. The summed E-state index contributed by atoms with van der Waals surface area (Å²) in [4.78, 5) is 17.7. The predicted octanol–water partition coefficient (Wildman–Crippen LogP) is 5.40. The molecule has 0 saturated carbocycles. The highest BCUT2D eigenvalue weighted by molar-refractivity contribution is 7.89. The first-order chi connectivity index (χ1) is 16.8. The van der Waals surface area contributed by atoms with Gasteiger partial charge < -0.3 is 5.32 Å². The topological polar surface area (TPSA) is 84.3 Å². The van der Waals surface area contributed by atoms with E-state index in [4.69, 9.17) is 0 Å². The molecule has 0 aliphatic carbocycles. The monoisotopic (exact) mass is 490 g/mol. The Kier molecular flexibility index (Phi) is 7.33. The molecule has 7 nitrogen and oxygen atoms in total. The second-order valence-corrected chi connectivity index (χ2v) is 10.4. The molecule has 0 aliphatic heterocycles. The number of rotatable bonds is 9. The number of para-hydroxylation sites is 1. The lowest BCUT2D eigenvalue weighted by atomic mass is 10.2. The van der Waals surface area contributed by atoms with Crippen molar-refractivity contribution >= 4 is 32.7 Å². The van der Waals surface area contributed by atoms with Gasteiger partial charge in [0.2, 0.25) is 10.0 Å². The minimum Gasteiger partial charge on any atom is -0.322 e. The zero-order valence-corrected chi connectivity index (χ0v) is 21.0. The Labute approximate surface area is 206 Å². The summed E-state index contributed by atoms with van der Waals surface area (Å²) in [7, 11) is -3.58. The number of carbonyl (C=O) groups excluding carboxylic acids is 1. The average Bonchev–Trinajstić information content (AvgIpc) is 3.19. The predicted molar refractivity (Wildman–Crippen MR) is 140 cm³/mol. The number of aromatic nitrogens is 2. The van der Waals surface area contributed by atoms with Gasteiger partial charge in [0.25, 0.3) is 5.91 Å². The van der Waals surface area contributed by atoms with Crippen molar-refractivity contribution in [3.8, 4) is 5.69 Å². The minimum atomic E-state index is -3.58. The maximum absolute atomic E-state index is 13.0. The highest BCUT2D eigenvalue weighted by Crippen LogP contribution is 2.25. The molecule has 0 unspecified atom stereocenters. The number of hydrogen-bond acceptors (Lipinski definition) is 4. The third-order valence-electron chi connectivity index (χ3n) is 5.79. The number of aryl methyl sites for hydroxylation is 1. The molecule has 3 aromatic carbocycles. The molecule has 1 amide bonds. The lowest BCUT2D eigenvalue weighted by molar-refractivity contribution is 0.102. The second-order valence-electron chi connectivity index (χ2n) is 8.42. The molecule has 1 heterocycles. The van der Waals surface area contributed by atoms with Crippen molar-refractivity contribution < 1.29 is 13.2 Å². The average molecular weight is 491 g/mol. The molecule has 8 heteroatoms. The van der Waals surface area contributed by atoms with Crippen LogP contribution in [0.2, 0.25) is 0 Å². The van der Waals surface area contributed by atoms with Crippen LogP contribution in [0.4, 0.5) is 5.69 Å². The van der Waals surface area contributed by atoms with E-state index in [0.29, 0.717) is 24.3 Å². The van der Waals surface area contributed by atoms with Gasteiger partial charge in [-0.2, -0.15) is 4.31 Å². The summed E-state index contributed by atoms with van der Waals surface area (Å²) in [5.41, 5.74) is 3.75. The van der Waals surface area contributed by atoms with Gasteiger partial charge in [-0.25, -0.2) is 13.4 Å². The number of carbonyl (C=O) groups is 1. The van der Waals surface area contributed by atoms with Crippen molar-refractivity contribution in [3.63, 3.8) is 0 Å². The van der Waals surface area contributed by atoms with Crippen LogP contribution in [-0.2, 0) is 10.0 Å². The Morgan fingerprint density at radius 3 is 2.23 bits per heavy atom. The van der Waals surface area contributed by atoms with Crippen LogP contribution in [0, 0.1) is 6.92 Å². The summed E-state index contributed by atoms with van der Waals surface area (Å²) >= 11 is 0. The van der Waals surface area contributed by atoms with Gasteiger partial charge in [-0.1, -0.05) is 32.0 Å². The molecule has 182 valence electrons. The number of fused-ring (bicyclic) bond motifs is 1. The largest absolute Gasteiger partial charge is 0.322 e. The number of hydrogen-bond donors (Lipinski definition) is 1. The van der Waals surface area contributed by atoms with Crippen molar-refractivity contribution in [1.29, 1.82) is 0 Å². The highest BCUT2D eigenvalue weighted by atomic mass is 32.2. The third-order valence-corrected chi connectivity index (χ3v) is 7.71. The van der Waals surface area contributed by atoms with Crippen molar-refractivity contribution in [2.24, 2.45) is 0 Å². The van der Waals surface area contributed by atoms with Gasteiger partial charge in [0, 0.05) is 30.0 Å². The van der Waals surface area contributed by atoms with E-state index in [1.807, 2.05) is 69.3 Å². The Morgan fingerprint density at radius 2 is 1.60 bits per heavy atom. The van der Waals surface area contributed by atoms with Crippen molar-refractivity contribution in [2.45, 2.75) is 38.5 Å². The number of imidazole rings is 1. The normalized spacial score (nSPS) is 11.8. The molecule has 1 aromatic heterocycles. The van der Waals surface area contributed by atoms with Crippen molar-refractivity contribution in [1.82, 2.24) is 13.9 Å². The van der Waals surface area contributed by atoms with E-state index in [0.717, 1.165) is 35.4 Å². The van der Waals surface area contributed by atoms with Gasteiger partial charge in [-0.05, 0) is 74.4 Å². The standard InChI is InChI=1S/C27H30N4O3S/c1-4-17-30(18-5-2)35(33,34)24-14-11-21(12-15-24)27(32)29-22-13-16-26-25(19-22)28-20(3)31(26)23-9-7-6-8-10-23/h6-16,19H,4-5,17-18H2,1-3H3,(H,29,32). The number of anilines is 1. The zero-order chi connectivity index (χ0) is 25.0. The van der Waals surface area contributed by atoms with E-state index in [2.05, 4.69) is 14.9 Å². The van der Waals surface area contributed by atoms with Gasteiger partial charge in [0.1, 0.15) is 5.82 Å². The van der Waals surface area contributed by atoms with Crippen LogP contribution in [0.1, 0.15) is 42.9 Å². The Balaban J connectivity index is 1.53. The molecule has 0 fully saturated rings. The summed E-state index contributed by atoms with van der Waals surface area (Å²) in [5.74, 6) is 0.540. The summed E-state index contributed by atoms with van der Waals surface area (Å²) in [6.07, 6.45) is 1.49. The molecule has 4 aromatic rings. The first-order valence-corrected chi connectivity index (χ1v) is 13.2. The molecule has 0 spiro atoms. The molecule has 1 N–H and O–H groups in total. The van der Waals surface area contributed by atoms with E-state index in [1.165, 1.54) is 16.4 Å². The second kappa shape index (κ2) is 10.4. The number of nitrogens with zero attached hydrogens (tertiary/aromatic N) is 3. The molecular formula is C27H30N4O3S. The number of benzene rings is 3. The summed E-state index contributed by atoms with van der Waals surface area (Å²) in [6, 6.07) is 21.7. The van der Waals surface area contributed by atoms with Gasteiger partial charge >= 0.3 is 0 Å². The first-order valence-electron chi connectivity index (χ1n) is 11.8. The van der Waals surface area contributed by atoms with Crippen LogP contribution in [0.3, 0.4) is 0 Å². The van der Waals surface area contributed by atoms with E-state index < -0.39 is 10.0 Å². The molecule has 0 aliphatic rings. The molecule has 0 radical (unpaired) electrons. The fourth-order valence-corrected chi connectivity index (χ4v) is 5.79. The van der Waals surface area contributed by atoms with Crippen LogP contribution < -0.4 is 5.32 Å². The first kappa shape index (κ1) is 24.6. The Bertz CT molecular complexity index is 1420. The summed E-state index contributed by atoms with van der Waals surface area (Å²) in [5, 5.41) is 2.89. The fourth-order valence-electron chi connectivity index (χ4n) is 4.16. The van der Waals surface area contributed by atoms with Gasteiger partial charge in [-0.3, -0.25) is 9.36 Å². The van der Waals surface area contributed by atoms with E-state index in [1.54, 1.807) is 12.1 Å². The number of sulfonamides is 1. The lowest BCUT2D eigenvalue weighted by Gasteiger charge is -2.21. The maximum Gasteiger partial charge on any atom is 0.255 e. The quantitative estimate of drug-likeness (QED) is 0.341. The van der Waals surface area contributed by atoms with E-state index in [9.17, 15) is 13.2 Å². The molecule has 0 atom stereocenters. The highest BCUT2D eigenvalue weighted by Gasteiger charge is 2.23. The maximum atomic E-state index is 13.0.